The molecule has 3 heterocycles. The zero-order valence-corrected chi connectivity index (χ0v) is 18.1. The monoisotopic (exact) mass is 468 g/mol. The number of rotatable bonds is 5. The second kappa shape index (κ2) is 8.97. The lowest BCUT2D eigenvalue weighted by atomic mass is 10.0. The number of carbonyl (C=O) groups excluding carboxylic acids is 1. The number of aryl methyl sites for hydroxylation is 1. The lowest BCUT2D eigenvalue weighted by Crippen LogP contribution is -2.38. The largest absolute Gasteiger partial charge is 0.618 e. The van der Waals surface area contributed by atoms with Crippen molar-refractivity contribution in [2.24, 2.45) is 0 Å². The second-order valence-electron chi connectivity index (χ2n) is 7.72. The Labute approximate surface area is 192 Å². The van der Waals surface area contributed by atoms with Crippen molar-refractivity contribution in [1.82, 2.24) is 15.3 Å². The number of hydrogen-bond donors (Lipinski definition) is 1. The molecule has 0 aliphatic carbocycles. The molecule has 4 rings (SSSR count). The molecular formula is C24H19F3N4O3. The third-order valence-electron chi connectivity index (χ3n) is 5.16. The first-order valence-electron chi connectivity index (χ1n) is 10.2. The first-order chi connectivity index (χ1) is 16.1. The van der Waals surface area contributed by atoms with Crippen LogP contribution in [0.1, 0.15) is 40.1 Å². The van der Waals surface area contributed by atoms with E-state index in [9.17, 15) is 23.2 Å². The summed E-state index contributed by atoms with van der Waals surface area (Å²) in [6.07, 6.45) is 0.636. The summed E-state index contributed by atoms with van der Waals surface area (Å²) in [5, 5.41) is 14.5. The van der Waals surface area contributed by atoms with E-state index in [1.165, 1.54) is 12.5 Å². The van der Waals surface area contributed by atoms with Crippen molar-refractivity contribution in [3.63, 3.8) is 0 Å². The summed E-state index contributed by atoms with van der Waals surface area (Å²) in [4.78, 5) is 21.6. The second-order valence-corrected chi connectivity index (χ2v) is 7.72. The highest BCUT2D eigenvalue weighted by atomic mass is 19.4. The molecule has 0 saturated carbocycles. The number of aromatic nitrogens is 3. The fourth-order valence-electron chi connectivity index (χ4n) is 3.37. The number of alkyl halides is 3. The van der Waals surface area contributed by atoms with Crippen LogP contribution in [-0.2, 0) is 6.18 Å². The lowest BCUT2D eigenvalue weighted by Gasteiger charge is -2.16. The summed E-state index contributed by atoms with van der Waals surface area (Å²) in [5.41, 5.74) is 1.98. The number of oxazole rings is 1. The predicted molar refractivity (Wildman–Crippen MR) is 116 cm³/mol. The smallest absolute Gasteiger partial charge is 0.478 e. The first-order valence-corrected chi connectivity index (χ1v) is 10.2. The lowest BCUT2D eigenvalue weighted by molar-refractivity contribution is -0.629. The Hall–Kier alpha value is -4.21. The van der Waals surface area contributed by atoms with Crippen molar-refractivity contribution in [3.8, 4) is 22.7 Å². The molecule has 10 heteroatoms. The van der Waals surface area contributed by atoms with Crippen LogP contribution in [0.15, 0.2) is 71.7 Å². The van der Waals surface area contributed by atoms with E-state index in [1.54, 1.807) is 31.3 Å². The quantitative estimate of drug-likeness (QED) is 0.334. The van der Waals surface area contributed by atoms with E-state index in [-0.39, 0.29) is 15.9 Å². The molecule has 1 N–H and O–H groups in total. The van der Waals surface area contributed by atoms with Crippen LogP contribution in [0.4, 0.5) is 13.2 Å². The summed E-state index contributed by atoms with van der Waals surface area (Å²) >= 11 is 0. The number of halogens is 3. The SMILES string of the molecule is Cc1ccc(-c2cc(C(=O)N[C@H](C)c3ccc(C(F)(F)F)[n+]([O-])c3)cc(-c3ncco3)c2)nc1. The summed E-state index contributed by atoms with van der Waals surface area (Å²) in [6.45, 7) is 3.48. The van der Waals surface area contributed by atoms with Gasteiger partial charge in [0.15, 0.2) is 6.20 Å². The van der Waals surface area contributed by atoms with Gasteiger partial charge < -0.3 is 14.9 Å². The van der Waals surface area contributed by atoms with E-state index >= 15 is 0 Å². The summed E-state index contributed by atoms with van der Waals surface area (Å²) in [6, 6.07) is 9.86. The molecule has 34 heavy (non-hydrogen) atoms. The van der Waals surface area contributed by atoms with E-state index in [0.717, 1.165) is 17.8 Å². The molecule has 0 saturated heterocycles. The molecule has 174 valence electrons. The highest BCUT2D eigenvalue weighted by Gasteiger charge is 2.39. The maximum atomic E-state index is 13.1. The van der Waals surface area contributed by atoms with Gasteiger partial charge in [0.1, 0.15) is 6.26 Å². The van der Waals surface area contributed by atoms with Crippen molar-refractivity contribution < 1.29 is 27.1 Å². The maximum Gasteiger partial charge on any atom is 0.478 e. The fourth-order valence-corrected chi connectivity index (χ4v) is 3.37. The standard InChI is InChI=1S/C24H19F3N4O3/c1-14-3-5-20(29-12-14)17-9-18(11-19(10-17)23-28-7-8-34-23)22(32)30-15(2)16-4-6-21(24(25,26)27)31(33)13-16/h3-13,15H,1-2H3,(H,30,32)/t15-/m1/s1. The third-order valence-corrected chi connectivity index (χ3v) is 5.16. The molecule has 7 nitrogen and oxygen atoms in total. The molecule has 0 aliphatic rings. The van der Waals surface area contributed by atoms with Crippen LogP contribution in [0.5, 0.6) is 0 Å². The molecule has 4 aromatic rings. The van der Waals surface area contributed by atoms with Gasteiger partial charge in [-0.2, -0.15) is 17.9 Å². The summed E-state index contributed by atoms with van der Waals surface area (Å²) in [5.74, 6) is -0.183. The minimum Gasteiger partial charge on any atom is -0.618 e. The Balaban J connectivity index is 1.64. The molecule has 0 radical (unpaired) electrons. The molecule has 1 amide bonds. The van der Waals surface area contributed by atoms with Crippen molar-refractivity contribution in [1.29, 1.82) is 0 Å². The van der Waals surface area contributed by atoms with Gasteiger partial charge in [0.25, 0.3) is 11.6 Å². The summed E-state index contributed by atoms with van der Waals surface area (Å²) < 4.78 is 43.7. The van der Waals surface area contributed by atoms with Gasteiger partial charge in [0.2, 0.25) is 5.89 Å². The molecule has 0 spiro atoms. The number of nitrogens with zero attached hydrogens (tertiary/aromatic N) is 3. The summed E-state index contributed by atoms with van der Waals surface area (Å²) in [7, 11) is 0. The maximum absolute atomic E-state index is 13.1. The molecule has 0 unspecified atom stereocenters. The van der Waals surface area contributed by atoms with Gasteiger partial charge in [0, 0.05) is 34.5 Å². The van der Waals surface area contributed by atoms with Crippen molar-refractivity contribution in [2.75, 3.05) is 0 Å². The number of nitrogens with one attached hydrogen (secondary N) is 1. The topological polar surface area (TPSA) is 95.0 Å². The predicted octanol–water partition coefficient (Wildman–Crippen LogP) is 4.86. The van der Waals surface area contributed by atoms with Gasteiger partial charge in [-0.15, -0.1) is 0 Å². The van der Waals surface area contributed by atoms with Crippen LogP contribution >= 0.6 is 0 Å². The Bertz CT molecular complexity index is 1320. The molecule has 0 aliphatic heterocycles. The minimum absolute atomic E-state index is 0.223. The highest BCUT2D eigenvalue weighted by molar-refractivity contribution is 5.97. The number of hydrogen-bond acceptors (Lipinski definition) is 5. The fraction of sp³-hybridized carbons (Fsp3) is 0.167. The van der Waals surface area contributed by atoms with Crippen LogP contribution in [0, 0.1) is 12.1 Å². The number of carbonyl (C=O) groups is 1. The number of pyridine rings is 2. The highest BCUT2D eigenvalue weighted by Crippen LogP contribution is 2.28. The van der Waals surface area contributed by atoms with E-state index in [0.29, 0.717) is 28.8 Å². The van der Waals surface area contributed by atoms with Crippen molar-refractivity contribution in [3.05, 3.63) is 94.9 Å². The van der Waals surface area contributed by atoms with Gasteiger partial charge in [-0.05, 0) is 49.7 Å². The molecule has 1 atom stereocenters. The normalized spacial score (nSPS) is 12.4. The molecule has 0 fully saturated rings. The van der Waals surface area contributed by atoms with Crippen LogP contribution in [0.3, 0.4) is 0 Å². The Morgan fingerprint density at radius 2 is 1.88 bits per heavy atom. The first kappa shape index (κ1) is 23.0. The minimum atomic E-state index is -4.77. The zero-order chi connectivity index (χ0) is 24.5. The van der Waals surface area contributed by atoms with E-state index in [1.807, 2.05) is 19.1 Å². The van der Waals surface area contributed by atoms with E-state index in [4.69, 9.17) is 4.42 Å². The van der Waals surface area contributed by atoms with Crippen molar-refractivity contribution >= 4 is 5.91 Å². The van der Waals surface area contributed by atoms with E-state index < -0.39 is 23.8 Å². The molecule has 3 aromatic heterocycles. The van der Waals surface area contributed by atoms with E-state index in [2.05, 4.69) is 15.3 Å². The van der Waals surface area contributed by atoms with Crippen LogP contribution in [0.2, 0.25) is 0 Å². The average Bonchev–Trinajstić information content (AvgIpc) is 3.33. The molecular weight excluding hydrogens is 449 g/mol. The Morgan fingerprint density at radius 1 is 1.12 bits per heavy atom. The van der Waals surface area contributed by atoms with Gasteiger partial charge in [-0.3, -0.25) is 9.78 Å². The van der Waals surface area contributed by atoms with Gasteiger partial charge in [0.05, 0.1) is 17.9 Å². The Morgan fingerprint density at radius 3 is 2.50 bits per heavy atom. The zero-order valence-electron chi connectivity index (χ0n) is 18.1. The van der Waals surface area contributed by atoms with Gasteiger partial charge in [-0.25, -0.2) is 4.98 Å². The van der Waals surface area contributed by atoms with Crippen molar-refractivity contribution in [2.45, 2.75) is 26.1 Å². The molecule has 1 aromatic carbocycles. The number of benzene rings is 1. The number of amides is 1. The average molecular weight is 468 g/mol. The van der Waals surface area contributed by atoms with Crippen LogP contribution in [0.25, 0.3) is 22.7 Å². The molecule has 0 bridgehead atoms. The third kappa shape index (κ3) is 4.90. The van der Waals surface area contributed by atoms with Crippen LogP contribution in [-0.4, -0.2) is 15.9 Å². The van der Waals surface area contributed by atoms with Gasteiger partial charge >= 0.3 is 6.18 Å². The van der Waals surface area contributed by atoms with Crippen LogP contribution < -0.4 is 10.0 Å². The van der Waals surface area contributed by atoms with Gasteiger partial charge in [-0.1, -0.05) is 6.07 Å². The Kier molecular flexibility index (Phi) is 6.06.